The van der Waals surface area contributed by atoms with Crippen molar-refractivity contribution >= 4 is 5.91 Å². The number of carbonyl (C=O) groups is 1. The maximum atomic E-state index is 12.5. The number of piperidine rings is 1. The fourth-order valence-electron chi connectivity index (χ4n) is 3.99. The third-order valence-electron chi connectivity index (χ3n) is 5.32. The number of aliphatic hydroxyl groups excluding tert-OH is 1. The first-order valence-electron chi connectivity index (χ1n) is 8.85. The molecule has 0 bridgehead atoms. The van der Waals surface area contributed by atoms with Crippen molar-refractivity contribution in [2.24, 2.45) is 11.8 Å². The standard InChI is InChI=1S/C19H28N2O2/c1-13-3-2-4-14(9-13)10-18(23)21-19(16-11-17(22)12-16)15-5-7-20-8-6-15/h2-4,9,15-17,19-20,22H,5-8,10-12H2,1H3,(H,21,23). The SMILES string of the molecule is Cc1cccc(CC(=O)NC(C2CCNCC2)C2CC(O)C2)c1. The Balaban J connectivity index is 1.61. The van der Waals surface area contributed by atoms with Gasteiger partial charge in [-0.3, -0.25) is 4.79 Å². The number of nitrogens with one attached hydrogen (secondary N) is 2. The Labute approximate surface area is 138 Å². The van der Waals surface area contributed by atoms with E-state index in [4.69, 9.17) is 0 Å². The summed E-state index contributed by atoms with van der Waals surface area (Å²) in [6.45, 7) is 4.11. The average Bonchev–Trinajstić information content (AvgIpc) is 2.51. The van der Waals surface area contributed by atoms with Crippen LogP contribution in [0.2, 0.25) is 0 Å². The molecule has 1 saturated heterocycles. The monoisotopic (exact) mass is 316 g/mol. The van der Waals surface area contributed by atoms with Crippen LogP contribution in [0.25, 0.3) is 0 Å². The number of hydrogen-bond donors (Lipinski definition) is 3. The van der Waals surface area contributed by atoms with Crippen LogP contribution in [0.15, 0.2) is 24.3 Å². The van der Waals surface area contributed by atoms with Gasteiger partial charge in [-0.2, -0.15) is 0 Å². The summed E-state index contributed by atoms with van der Waals surface area (Å²) in [5, 5.41) is 16.3. The minimum atomic E-state index is -0.169. The molecule has 1 heterocycles. The normalized spacial score (nSPS) is 26.3. The molecule has 3 N–H and O–H groups in total. The third-order valence-corrected chi connectivity index (χ3v) is 5.32. The molecule has 1 saturated carbocycles. The number of aliphatic hydroxyl groups is 1. The Morgan fingerprint density at radius 2 is 2.04 bits per heavy atom. The fraction of sp³-hybridized carbons (Fsp3) is 0.632. The summed E-state index contributed by atoms with van der Waals surface area (Å²) in [5.41, 5.74) is 2.26. The summed E-state index contributed by atoms with van der Waals surface area (Å²) in [4.78, 5) is 12.5. The van der Waals surface area contributed by atoms with Crippen molar-refractivity contribution < 1.29 is 9.90 Å². The first-order valence-corrected chi connectivity index (χ1v) is 8.85. The molecule has 4 nitrogen and oxygen atoms in total. The Bertz CT molecular complexity index is 534. The Hall–Kier alpha value is -1.39. The van der Waals surface area contributed by atoms with E-state index in [1.807, 2.05) is 12.1 Å². The van der Waals surface area contributed by atoms with E-state index in [9.17, 15) is 9.90 Å². The van der Waals surface area contributed by atoms with Crippen LogP contribution < -0.4 is 10.6 Å². The molecule has 1 amide bonds. The highest BCUT2D eigenvalue weighted by Crippen LogP contribution is 2.35. The van der Waals surface area contributed by atoms with Gasteiger partial charge < -0.3 is 15.7 Å². The second-order valence-corrected chi connectivity index (χ2v) is 7.23. The second kappa shape index (κ2) is 7.45. The van der Waals surface area contributed by atoms with Gasteiger partial charge in [-0.1, -0.05) is 29.8 Å². The van der Waals surface area contributed by atoms with Crippen LogP contribution in [0.3, 0.4) is 0 Å². The van der Waals surface area contributed by atoms with E-state index in [0.29, 0.717) is 18.3 Å². The van der Waals surface area contributed by atoms with Gasteiger partial charge in [-0.15, -0.1) is 0 Å². The quantitative estimate of drug-likeness (QED) is 0.776. The molecule has 0 radical (unpaired) electrons. The first-order chi connectivity index (χ1) is 11.1. The van der Waals surface area contributed by atoms with Crippen LogP contribution in [0, 0.1) is 18.8 Å². The smallest absolute Gasteiger partial charge is 0.224 e. The lowest BCUT2D eigenvalue weighted by molar-refractivity contribution is -0.123. The van der Waals surface area contributed by atoms with Gasteiger partial charge in [0, 0.05) is 6.04 Å². The largest absolute Gasteiger partial charge is 0.393 e. The topological polar surface area (TPSA) is 61.4 Å². The third kappa shape index (κ3) is 4.33. The van der Waals surface area contributed by atoms with Gasteiger partial charge >= 0.3 is 0 Å². The number of carbonyl (C=O) groups excluding carboxylic acids is 1. The molecule has 2 fully saturated rings. The molecule has 4 heteroatoms. The summed E-state index contributed by atoms with van der Waals surface area (Å²) in [7, 11) is 0. The Morgan fingerprint density at radius 1 is 1.30 bits per heavy atom. The van der Waals surface area contributed by atoms with Crippen LogP contribution in [0.4, 0.5) is 0 Å². The van der Waals surface area contributed by atoms with Crippen LogP contribution >= 0.6 is 0 Å². The number of benzene rings is 1. The highest BCUT2D eigenvalue weighted by atomic mass is 16.3. The number of rotatable bonds is 5. The summed E-state index contributed by atoms with van der Waals surface area (Å²) in [5.74, 6) is 1.09. The second-order valence-electron chi connectivity index (χ2n) is 7.23. The molecule has 1 aliphatic heterocycles. The highest BCUT2D eigenvalue weighted by molar-refractivity contribution is 5.79. The highest BCUT2D eigenvalue weighted by Gasteiger charge is 2.39. The summed E-state index contributed by atoms with van der Waals surface area (Å²) < 4.78 is 0. The zero-order chi connectivity index (χ0) is 16.2. The summed E-state index contributed by atoms with van der Waals surface area (Å²) in [6.07, 6.45) is 4.17. The van der Waals surface area contributed by atoms with Crippen molar-refractivity contribution in [3.63, 3.8) is 0 Å². The zero-order valence-corrected chi connectivity index (χ0v) is 13.9. The lowest BCUT2D eigenvalue weighted by atomic mass is 9.71. The Kier molecular flexibility index (Phi) is 5.34. The molecule has 126 valence electrons. The maximum absolute atomic E-state index is 12.5. The summed E-state index contributed by atoms with van der Waals surface area (Å²) in [6, 6.07) is 8.36. The van der Waals surface area contributed by atoms with Gasteiger partial charge in [0.1, 0.15) is 0 Å². The van der Waals surface area contributed by atoms with Gasteiger partial charge in [0.15, 0.2) is 0 Å². The van der Waals surface area contributed by atoms with Crippen LogP contribution in [0.5, 0.6) is 0 Å². The van der Waals surface area contributed by atoms with Gasteiger partial charge in [-0.25, -0.2) is 0 Å². The lowest BCUT2D eigenvalue weighted by Crippen LogP contribution is -2.53. The maximum Gasteiger partial charge on any atom is 0.224 e. The zero-order valence-electron chi connectivity index (χ0n) is 13.9. The number of hydrogen-bond acceptors (Lipinski definition) is 3. The van der Waals surface area contributed by atoms with Crippen molar-refractivity contribution in [1.82, 2.24) is 10.6 Å². The molecule has 23 heavy (non-hydrogen) atoms. The Morgan fingerprint density at radius 3 is 2.70 bits per heavy atom. The number of amides is 1. The van der Waals surface area contributed by atoms with Gasteiger partial charge in [0.25, 0.3) is 0 Å². The van der Waals surface area contributed by atoms with E-state index < -0.39 is 0 Å². The van der Waals surface area contributed by atoms with E-state index in [0.717, 1.165) is 44.3 Å². The molecule has 3 rings (SSSR count). The molecule has 1 aromatic carbocycles. The molecule has 1 unspecified atom stereocenters. The van der Waals surface area contributed by atoms with Crippen LogP contribution in [-0.4, -0.2) is 36.2 Å². The van der Waals surface area contributed by atoms with Crippen molar-refractivity contribution in [3.8, 4) is 0 Å². The van der Waals surface area contributed by atoms with Crippen LogP contribution in [0.1, 0.15) is 36.8 Å². The molecule has 2 aliphatic rings. The van der Waals surface area contributed by atoms with Gasteiger partial charge in [0.05, 0.1) is 12.5 Å². The summed E-state index contributed by atoms with van der Waals surface area (Å²) >= 11 is 0. The van der Waals surface area contributed by atoms with Gasteiger partial charge in [-0.05, 0) is 63.1 Å². The molecule has 0 spiro atoms. The molecule has 0 aromatic heterocycles. The van der Waals surface area contributed by atoms with Crippen LogP contribution in [-0.2, 0) is 11.2 Å². The van der Waals surface area contributed by atoms with E-state index in [1.54, 1.807) is 0 Å². The molecule has 1 aromatic rings. The minimum Gasteiger partial charge on any atom is -0.393 e. The average molecular weight is 316 g/mol. The van der Waals surface area contributed by atoms with E-state index in [-0.39, 0.29) is 18.1 Å². The van der Waals surface area contributed by atoms with E-state index in [2.05, 4.69) is 29.7 Å². The molecule has 1 atom stereocenters. The molecular formula is C19H28N2O2. The van der Waals surface area contributed by atoms with E-state index >= 15 is 0 Å². The fourth-order valence-corrected chi connectivity index (χ4v) is 3.99. The molecule has 1 aliphatic carbocycles. The van der Waals surface area contributed by atoms with Crippen molar-refractivity contribution in [1.29, 1.82) is 0 Å². The lowest BCUT2D eigenvalue weighted by Gasteiger charge is -2.43. The minimum absolute atomic E-state index is 0.112. The van der Waals surface area contributed by atoms with Crippen molar-refractivity contribution in [3.05, 3.63) is 35.4 Å². The van der Waals surface area contributed by atoms with Crippen molar-refractivity contribution in [2.75, 3.05) is 13.1 Å². The van der Waals surface area contributed by atoms with E-state index in [1.165, 1.54) is 5.56 Å². The molecular weight excluding hydrogens is 288 g/mol. The first kappa shape index (κ1) is 16.5. The van der Waals surface area contributed by atoms with Gasteiger partial charge in [0.2, 0.25) is 5.91 Å². The van der Waals surface area contributed by atoms with Crippen molar-refractivity contribution in [2.45, 2.75) is 51.2 Å². The predicted octanol–water partition coefficient (Wildman–Crippen LogP) is 1.79. The predicted molar refractivity (Wildman–Crippen MR) is 91.1 cm³/mol. The number of aryl methyl sites for hydroxylation is 1.